The number of hydrogen-bond donors (Lipinski definition) is 1. The molecular formula is C28H29F5N2O4S. The van der Waals surface area contributed by atoms with Gasteiger partial charge in [-0.15, -0.1) is 0 Å². The maximum Gasteiger partial charge on any atom is 0.417 e. The molecule has 0 amide bonds. The van der Waals surface area contributed by atoms with Crippen LogP contribution in [0.3, 0.4) is 0 Å². The lowest BCUT2D eigenvalue weighted by Crippen LogP contribution is -2.46. The summed E-state index contributed by atoms with van der Waals surface area (Å²) in [5, 5.41) is 0. The molecule has 0 saturated carbocycles. The summed E-state index contributed by atoms with van der Waals surface area (Å²) < 4.78 is 110. The summed E-state index contributed by atoms with van der Waals surface area (Å²) in [6.45, 7) is 3.71. The average Bonchev–Trinajstić information content (AvgIpc) is 3.15. The van der Waals surface area contributed by atoms with E-state index in [0.717, 1.165) is 25.7 Å². The van der Waals surface area contributed by atoms with Gasteiger partial charge in [0, 0.05) is 29.7 Å². The third-order valence-electron chi connectivity index (χ3n) is 7.36. The van der Waals surface area contributed by atoms with E-state index in [4.69, 9.17) is 19.0 Å². The second kappa shape index (κ2) is 10.6. The smallest absolute Gasteiger partial charge is 0.417 e. The lowest BCUT2D eigenvalue weighted by atomic mass is 9.76. The molecule has 1 N–H and O–H groups in total. The zero-order valence-electron chi connectivity index (χ0n) is 22.4. The van der Waals surface area contributed by atoms with Crippen molar-refractivity contribution >= 4 is 9.73 Å². The maximum absolute atomic E-state index is 14.7. The molecule has 0 radical (unpaired) electrons. The molecule has 216 valence electrons. The van der Waals surface area contributed by atoms with Crippen molar-refractivity contribution in [3.05, 3.63) is 82.7 Å². The highest BCUT2D eigenvalue weighted by Gasteiger charge is 2.65. The fraction of sp³-hybridized carbons (Fsp3) is 0.393. The minimum Gasteiger partial charge on any atom is -0.493 e. The summed E-state index contributed by atoms with van der Waals surface area (Å²) in [5.41, 5.74) is -1.86. The van der Waals surface area contributed by atoms with Crippen molar-refractivity contribution in [3.8, 4) is 11.5 Å². The fourth-order valence-corrected chi connectivity index (χ4v) is 6.30. The van der Waals surface area contributed by atoms with Crippen LogP contribution in [0.4, 0.5) is 22.0 Å². The minimum atomic E-state index is -4.83. The van der Waals surface area contributed by atoms with Crippen LogP contribution in [0.2, 0.25) is 0 Å². The number of benzene rings is 2. The van der Waals surface area contributed by atoms with Crippen LogP contribution < -0.4 is 9.47 Å². The molecule has 2 heterocycles. The minimum absolute atomic E-state index is 0.00114. The van der Waals surface area contributed by atoms with Crippen LogP contribution in [-0.4, -0.2) is 34.3 Å². The molecule has 3 aromatic rings. The molecule has 0 aliphatic carbocycles. The van der Waals surface area contributed by atoms with Crippen LogP contribution in [0.25, 0.3) is 0 Å². The molecule has 0 bridgehead atoms. The van der Waals surface area contributed by atoms with E-state index < -0.39 is 56.8 Å². The van der Waals surface area contributed by atoms with E-state index in [1.165, 1.54) is 32.2 Å². The molecular weight excluding hydrogens is 555 g/mol. The first-order valence-electron chi connectivity index (χ1n) is 12.3. The van der Waals surface area contributed by atoms with Gasteiger partial charge in [0.25, 0.3) is 0 Å². The van der Waals surface area contributed by atoms with Gasteiger partial charge in [-0.3, -0.25) is 4.98 Å². The first-order valence-corrected chi connectivity index (χ1v) is 14.2. The first-order chi connectivity index (χ1) is 18.6. The Labute approximate surface area is 229 Å². The van der Waals surface area contributed by atoms with Crippen LogP contribution in [0.15, 0.2) is 53.4 Å². The molecule has 6 nitrogen and oxygen atoms in total. The monoisotopic (exact) mass is 584 g/mol. The molecule has 1 fully saturated rings. The van der Waals surface area contributed by atoms with Gasteiger partial charge in [-0.2, -0.15) is 17.6 Å². The summed E-state index contributed by atoms with van der Waals surface area (Å²) in [6, 6.07) is 12.3. The summed E-state index contributed by atoms with van der Waals surface area (Å²) in [7, 11) is -2.28. The highest BCUT2D eigenvalue weighted by molar-refractivity contribution is 7.91. The molecule has 1 aromatic heterocycles. The van der Waals surface area contributed by atoms with Gasteiger partial charge in [0.2, 0.25) is 5.82 Å². The quantitative estimate of drug-likeness (QED) is 0.300. The van der Waals surface area contributed by atoms with Gasteiger partial charge < -0.3 is 14.2 Å². The number of aryl methyl sites for hydroxylation is 1. The van der Waals surface area contributed by atoms with Crippen molar-refractivity contribution < 1.29 is 40.4 Å². The van der Waals surface area contributed by atoms with E-state index in [1.807, 2.05) is 6.07 Å². The Kier molecular flexibility index (Phi) is 7.89. The Hall–Kier alpha value is -3.25. The van der Waals surface area contributed by atoms with Crippen LogP contribution in [0, 0.1) is 29.3 Å². The van der Waals surface area contributed by atoms with Gasteiger partial charge in [-0.1, -0.05) is 43.3 Å². The van der Waals surface area contributed by atoms with Gasteiger partial charge >= 0.3 is 6.18 Å². The van der Waals surface area contributed by atoms with Gasteiger partial charge in [0.1, 0.15) is 23.4 Å². The van der Waals surface area contributed by atoms with Crippen molar-refractivity contribution in [3.63, 3.8) is 0 Å². The number of hydrogen-bond acceptors (Lipinski definition) is 6. The average molecular weight is 585 g/mol. The Balaban J connectivity index is 1.91. The second-order valence-corrected chi connectivity index (χ2v) is 12.1. The van der Waals surface area contributed by atoms with Crippen molar-refractivity contribution in [2.75, 3.05) is 13.4 Å². The molecule has 2 aromatic carbocycles. The van der Waals surface area contributed by atoms with Crippen LogP contribution in [0.1, 0.15) is 48.4 Å². The third kappa shape index (κ3) is 5.26. The topological polar surface area (TPSA) is 81.5 Å². The standard InChI is InChI=1S/C28H29F5N2O4S/c1-15-22(18-11-12-19(29)23(30)24(18)37-4)25(39-27(15,3)28(31,32)33)20-13-21(26(16(2)35-20)40(5,34)36)38-14-17-9-7-6-8-10-17/h6-13,15,22,25,34H,14H2,1-5H3/t15-,22-,25-,27+,40?/m0/s1. The number of pyridine rings is 1. The SMILES string of the molecule is COc1c([C@H]2[C@H](c3cc(OCc4ccccc4)c(S(C)(=N)=O)c(C)n3)O[C@@](C)(C(F)(F)F)[C@H]2C)ccc(F)c1F. The number of alkyl halides is 3. The summed E-state index contributed by atoms with van der Waals surface area (Å²) in [6.07, 6.45) is -5.05. The Morgan fingerprint density at radius 1 is 1.15 bits per heavy atom. The van der Waals surface area contributed by atoms with Gasteiger partial charge in [-0.05, 0) is 25.5 Å². The van der Waals surface area contributed by atoms with Crippen LogP contribution in [-0.2, 0) is 21.1 Å². The summed E-state index contributed by atoms with van der Waals surface area (Å²) >= 11 is 0. The van der Waals surface area contributed by atoms with Crippen molar-refractivity contribution in [1.82, 2.24) is 4.98 Å². The van der Waals surface area contributed by atoms with Gasteiger partial charge in [-0.25, -0.2) is 13.4 Å². The molecule has 40 heavy (non-hydrogen) atoms. The van der Waals surface area contributed by atoms with Crippen molar-refractivity contribution in [1.29, 1.82) is 4.78 Å². The van der Waals surface area contributed by atoms with Crippen LogP contribution >= 0.6 is 0 Å². The van der Waals surface area contributed by atoms with E-state index in [2.05, 4.69) is 4.98 Å². The molecule has 0 spiro atoms. The number of nitrogens with zero attached hydrogens (tertiary/aromatic N) is 1. The highest BCUT2D eigenvalue weighted by atomic mass is 32.2. The molecule has 1 saturated heterocycles. The number of halogens is 5. The van der Waals surface area contributed by atoms with E-state index in [1.54, 1.807) is 24.3 Å². The van der Waals surface area contributed by atoms with E-state index in [-0.39, 0.29) is 34.2 Å². The summed E-state index contributed by atoms with van der Waals surface area (Å²) in [5.74, 6) is -5.56. The maximum atomic E-state index is 14.7. The molecule has 12 heteroatoms. The van der Waals surface area contributed by atoms with E-state index in [0.29, 0.717) is 0 Å². The number of aromatic nitrogens is 1. The molecule has 4 rings (SSSR count). The Morgan fingerprint density at radius 2 is 1.80 bits per heavy atom. The number of ether oxygens (including phenoxy) is 3. The van der Waals surface area contributed by atoms with Gasteiger partial charge in [0.15, 0.2) is 17.2 Å². The molecule has 1 unspecified atom stereocenters. The zero-order valence-corrected chi connectivity index (χ0v) is 23.3. The third-order valence-corrected chi connectivity index (χ3v) is 8.63. The van der Waals surface area contributed by atoms with Crippen LogP contribution in [0.5, 0.6) is 11.5 Å². The van der Waals surface area contributed by atoms with E-state index >= 15 is 0 Å². The highest BCUT2D eigenvalue weighted by Crippen LogP contribution is 2.59. The number of methoxy groups -OCH3 is 1. The van der Waals surface area contributed by atoms with Gasteiger partial charge in [0.05, 0.1) is 28.2 Å². The lowest BCUT2D eigenvalue weighted by molar-refractivity contribution is -0.275. The zero-order chi connectivity index (χ0) is 29.6. The Morgan fingerprint density at radius 3 is 2.38 bits per heavy atom. The molecule has 1 aliphatic heterocycles. The lowest BCUT2D eigenvalue weighted by Gasteiger charge is -2.32. The first kappa shape index (κ1) is 29.7. The largest absolute Gasteiger partial charge is 0.493 e. The number of rotatable bonds is 7. The number of nitrogens with one attached hydrogen (secondary N) is 1. The molecule has 5 atom stereocenters. The summed E-state index contributed by atoms with van der Waals surface area (Å²) in [4.78, 5) is 4.41. The van der Waals surface area contributed by atoms with Crippen molar-refractivity contribution in [2.45, 2.75) is 56.1 Å². The molecule has 1 aliphatic rings. The second-order valence-electron chi connectivity index (χ2n) is 10.0. The normalized spacial score (nSPS) is 24.5. The Bertz CT molecular complexity index is 1520. The predicted octanol–water partition coefficient (Wildman–Crippen LogP) is 7.10. The van der Waals surface area contributed by atoms with Crippen molar-refractivity contribution in [2.24, 2.45) is 5.92 Å². The predicted molar refractivity (Wildman–Crippen MR) is 138 cm³/mol. The fourth-order valence-electron chi connectivity index (χ4n) is 5.18. The van der Waals surface area contributed by atoms with E-state index in [9.17, 15) is 26.2 Å².